The molecule has 1 saturated heterocycles. The molecule has 0 aliphatic carbocycles. The van der Waals surface area contributed by atoms with E-state index in [2.05, 4.69) is 0 Å². The normalized spacial score (nSPS) is 19.2. The lowest BCUT2D eigenvalue weighted by Gasteiger charge is -2.33. The van der Waals surface area contributed by atoms with Gasteiger partial charge in [-0.1, -0.05) is 18.2 Å². The molecule has 1 amide bonds. The van der Waals surface area contributed by atoms with Gasteiger partial charge in [-0.2, -0.15) is 0 Å². The minimum Gasteiger partial charge on any atom is -0.508 e. The van der Waals surface area contributed by atoms with Gasteiger partial charge in [0.2, 0.25) is 5.91 Å². The van der Waals surface area contributed by atoms with E-state index >= 15 is 0 Å². The van der Waals surface area contributed by atoms with Gasteiger partial charge < -0.3 is 15.1 Å². The van der Waals surface area contributed by atoms with Crippen LogP contribution in [-0.2, 0) is 16.0 Å². The molecule has 0 spiro atoms. The zero-order chi connectivity index (χ0) is 13.8. The monoisotopic (exact) mass is 263 g/mol. The van der Waals surface area contributed by atoms with Crippen molar-refractivity contribution in [3.63, 3.8) is 0 Å². The Bertz CT molecular complexity index is 486. The van der Waals surface area contributed by atoms with Crippen LogP contribution in [-0.4, -0.2) is 39.6 Å². The molecule has 0 bridgehead atoms. The quantitative estimate of drug-likeness (QED) is 0.864. The van der Waals surface area contributed by atoms with E-state index in [9.17, 15) is 14.7 Å². The average molecular weight is 263 g/mol. The molecule has 0 saturated carbocycles. The number of hydrogen-bond donors (Lipinski definition) is 2. The summed E-state index contributed by atoms with van der Waals surface area (Å²) in [6.07, 6.45) is 2.20. The lowest BCUT2D eigenvalue weighted by Crippen LogP contribution is -2.48. The number of benzene rings is 1. The largest absolute Gasteiger partial charge is 0.508 e. The molecule has 2 N–H and O–H groups in total. The number of carboxylic acids is 1. The molecule has 1 aromatic carbocycles. The lowest BCUT2D eigenvalue weighted by atomic mass is 10.0. The number of likely N-dealkylation sites (tertiary alicyclic amines) is 1. The third kappa shape index (κ3) is 3.05. The molecule has 19 heavy (non-hydrogen) atoms. The molecule has 0 radical (unpaired) electrons. The SMILES string of the molecule is O=C(O)[C@H]1CCCCN1C(=O)Cc1ccccc1O. The van der Waals surface area contributed by atoms with Crippen LogP contribution in [0, 0.1) is 0 Å². The Morgan fingerprint density at radius 3 is 2.68 bits per heavy atom. The molecule has 102 valence electrons. The maximum absolute atomic E-state index is 12.2. The number of para-hydroxylation sites is 1. The maximum Gasteiger partial charge on any atom is 0.326 e. The summed E-state index contributed by atoms with van der Waals surface area (Å²) in [5.41, 5.74) is 0.530. The van der Waals surface area contributed by atoms with E-state index in [1.165, 1.54) is 11.0 Å². The Morgan fingerprint density at radius 2 is 2.00 bits per heavy atom. The summed E-state index contributed by atoms with van der Waals surface area (Å²) in [5.74, 6) is -1.13. The van der Waals surface area contributed by atoms with Crippen LogP contribution in [0.15, 0.2) is 24.3 Å². The highest BCUT2D eigenvalue weighted by atomic mass is 16.4. The second-order valence-electron chi connectivity index (χ2n) is 4.74. The van der Waals surface area contributed by atoms with E-state index in [0.717, 1.165) is 12.8 Å². The van der Waals surface area contributed by atoms with Gasteiger partial charge in [-0.25, -0.2) is 4.79 Å². The van der Waals surface area contributed by atoms with Crippen molar-refractivity contribution in [3.05, 3.63) is 29.8 Å². The molecule has 1 aromatic rings. The van der Waals surface area contributed by atoms with Gasteiger partial charge in [-0.3, -0.25) is 4.79 Å². The van der Waals surface area contributed by atoms with Crippen LogP contribution in [0.3, 0.4) is 0 Å². The number of phenols is 1. The predicted molar refractivity (Wildman–Crippen MR) is 68.8 cm³/mol. The number of piperidine rings is 1. The second kappa shape index (κ2) is 5.73. The smallest absolute Gasteiger partial charge is 0.326 e. The van der Waals surface area contributed by atoms with Crippen LogP contribution in [0.2, 0.25) is 0 Å². The number of aliphatic carboxylic acids is 1. The average Bonchev–Trinajstić information content (AvgIpc) is 2.41. The Hall–Kier alpha value is -2.04. The number of carbonyl (C=O) groups is 2. The first kappa shape index (κ1) is 13.4. The minimum atomic E-state index is -0.953. The molecule has 1 fully saturated rings. The van der Waals surface area contributed by atoms with E-state index < -0.39 is 12.0 Å². The zero-order valence-corrected chi connectivity index (χ0v) is 10.6. The van der Waals surface area contributed by atoms with Gasteiger partial charge in [0.1, 0.15) is 11.8 Å². The minimum absolute atomic E-state index is 0.0381. The van der Waals surface area contributed by atoms with Gasteiger partial charge >= 0.3 is 5.97 Å². The molecule has 1 heterocycles. The van der Waals surface area contributed by atoms with Crippen molar-refractivity contribution in [2.24, 2.45) is 0 Å². The van der Waals surface area contributed by atoms with Gasteiger partial charge in [0, 0.05) is 12.1 Å². The lowest BCUT2D eigenvalue weighted by molar-refractivity contribution is -0.151. The second-order valence-corrected chi connectivity index (χ2v) is 4.74. The zero-order valence-electron chi connectivity index (χ0n) is 10.6. The van der Waals surface area contributed by atoms with Crippen LogP contribution < -0.4 is 0 Å². The van der Waals surface area contributed by atoms with Crippen LogP contribution in [0.1, 0.15) is 24.8 Å². The van der Waals surface area contributed by atoms with Crippen LogP contribution in [0.25, 0.3) is 0 Å². The molecule has 5 nitrogen and oxygen atoms in total. The van der Waals surface area contributed by atoms with E-state index in [1.807, 2.05) is 0 Å². The van der Waals surface area contributed by atoms with Crippen LogP contribution >= 0.6 is 0 Å². The van der Waals surface area contributed by atoms with Crippen molar-refractivity contribution in [1.82, 2.24) is 4.90 Å². The number of carboxylic acid groups (broad SMARTS) is 1. The predicted octanol–water partition coefficient (Wildman–Crippen LogP) is 1.40. The fourth-order valence-electron chi connectivity index (χ4n) is 2.41. The van der Waals surface area contributed by atoms with Gasteiger partial charge in [0.15, 0.2) is 0 Å². The Balaban J connectivity index is 2.10. The van der Waals surface area contributed by atoms with Crippen molar-refractivity contribution < 1.29 is 19.8 Å². The fraction of sp³-hybridized carbons (Fsp3) is 0.429. The number of phenolic OH excluding ortho intramolecular Hbond substituents is 1. The van der Waals surface area contributed by atoms with Crippen molar-refractivity contribution in [2.45, 2.75) is 31.7 Å². The molecule has 1 aliphatic rings. The summed E-state index contributed by atoms with van der Waals surface area (Å²) < 4.78 is 0. The highest BCUT2D eigenvalue weighted by molar-refractivity contribution is 5.85. The van der Waals surface area contributed by atoms with E-state index in [-0.39, 0.29) is 18.1 Å². The summed E-state index contributed by atoms with van der Waals surface area (Å²) in [7, 11) is 0. The molecule has 1 atom stereocenters. The van der Waals surface area contributed by atoms with Crippen molar-refractivity contribution in [2.75, 3.05) is 6.54 Å². The van der Waals surface area contributed by atoms with Crippen LogP contribution in [0.4, 0.5) is 0 Å². The van der Waals surface area contributed by atoms with Crippen molar-refractivity contribution in [1.29, 1.82) is 0 Å². The number of hydrogen-bond acceptors (Lipinski definition) is 3. The molecule has 0 aromatic heterocycles. The van der Waals surface area contributed by atoms with Crippen molar-refractivity contribution >= 4 is 11.9 Å². The molecule has 0 unspecified atom stereocenters. The summed E-state index contributed by atoms with van der Waals surface area (Å²) >= 11 is 0. The number of aromatic hydroxyl groups is 1. The van der Waals surface area contributed by atoms with Crippen LogP contribution in [0.5, 0.6) is 5.75 Å². The summed E-state index contributed by atoms with van der Waals surface area (Å²) in [4.78, 5) is 24.7. The molecular formula is C14H17NO4. The topological polar surface area (TPSA) is 77.8 Å². The van der Waals surface area contributed by atoms with Gasteiger partial charge in [-0.15, -0.1) is 0 Å². The van der Waals surface area contributed by atoms with E-state index in [4.69, 9.17) is 5.11 Å². The Labute approximate surface area is 111 Å². The third-order valence-corrected chi connectivity index (χ3v) is 3.44. The molecule has 2 rings (SSSR count). The van der Waals surface area contributed by atoms with Gasteiger partial charge in [-0.05, 0) is 25.3 Å². The van der Waals surface area contributed by atoms with Crippen molar-refractivity contribution in [3.8, 4) is 5.75 Å². The number of nitrogens with zero attached hydrogens (tertiary/aromatic N) is 1. The van der Waals surface area contributed by atoms with Gasteiger partial charge in [0.05, 0.1) is 6.42 Å². The highest BCUT2D eigenvalue weighted by Gasteiger charge is 2.31. The van der Waals surface area contributed by atoms with E-state index in [1.54, 1.807) is 18.2 Å². The highest BCUT2D eigenvalue weighted by Crippen LogP contribution is 2.21. The first-order valence-electron chi connectivity index (χ1n) is 6.38. The number of carbonyl (C=O) groups excluding carboxylic acids is 1. The standard InChI is InChI=1S/C14H17NO4/c16-12-7-2-1-5-10(12)9-13(17)15-8-4-3-6-11(15)14(18)19/h1-2,5,7,11,16H,3-4,6,8-9H2,(H,18,19)/t11-/m1/s1. The Morgan fingerprint density at radius 1 is 1.26 bits per heavy atom. The Kier molecular flexibility index (Phi) is 4.04. The summed E-state index contributed by atoms with van der Waals surface area (Å²) in [6.45, 7) is 0.476. The summed E-state index contributed by atoms with van der Waals surface area (Å²) in [5, 5.41) is 18.8. The number of amides is 1. The summed E-state index contributed by atoms with van der Waals surface area (Å²) in [6, 6.07) is 5.89. The fourth-order valence-corrected chi connectivity index (χ4v) is 2.41. The molecule has 1 aliphatic heterocycles. The van der Waals surface area contributed by atoms with E-state index in [0.29, 0.717) is 18.5 Å². The maximum atomic E-state index is 12.2. The third-order valence-electron chi connectivity index (χ3n) is 3.44. The number of rotatable bonds is 3. The van der Waals surface area contributed by atoms with Gasteiger partial charge in [0.25, 0.3) is 0 Å². The first-order chi connectivity index (χ1) is 9.09. The first-order valence-corrected chi connectivity index (χ1v) is 6.38. The molecular weight excluding hydrogens is 246 g/mol. The molecule has 5 heteroatoms.